The molecule has 4 heterocycles. The number of anilines is 3. The molecule has 3 aromatic rings. The molecule has 3 aliphatic rings. The van der Waals surface area contributed by atoms with Crippen LogP contribution in [0.2, 0.25) is 0 Å². The second-order valence-electron chi connectivity index (χ2n) is 18.0. The zero-order valence-electron chi connectivity index (χ0n) is 34.4. The summed E-state index contributed by atoms with van der Waals surface area (Å²) in [5.74, 6) is -0.464. The quantitative estimate of drug-likeness (QED) is 0.242. The van der Waals surface area contributed by atoms with Gasteiger partial charge in [-0.25, -0.2) is 33.5 Å². The fourth-order valence-electron chi connectivity index (χ4n) is 7.35. The molecule has 15 nitrogen and oxygen atoms in total. The Hall–Kier alpha value is -5.41. The van der Waals surface area contributed by atoms with Gasteiger partial charge in [0.2, 0.25) is 5.88 Å². The van der Waals surface area contributed by atoms with E-state index in [1.807, 2.05) is 20.8 Å². The number of amides is 4. The van der Waals surface area contributed by atoms with Crippen LogP contribution in [0.1, 0.15) is 93.6 Å². The zero-order chi connectivity index (χ0) is 41.7. The number of carbonyl (C=O) groups is 4. The predicted octanol–water partition coefficient (Wildman–Crippen LogP) is 8.95. The minimum absolute atomic E-state index is 0.00238. The predicted molar refractivity (Wildman–Crippen MR) is 211 cm³/mol. The summed E-state index contributed by atoms with van der Waals surface area (Å²) in [4.78, 5) is 63.8. The molecular weight excluding hydrogens is 739 g/mol. The topological polar surface area (TPSA) is 171 Å². The summed E-state index contributed by atoms with van der Waals surface area (Å²) in [6, 6.07) is 3.10. The standard InChI is InChI=1S/C41H53FN6O9/c1-23-27(21-44-33-32(23)48(15-16-53-33)37(52)57-40(8,9)10)26-17-24-18-29(43-22-28(24)31(30(26)42)46-35(50)55-38(2,3)4)45-34(49)54-25-19-41(20-25)11-13-47(14-12-41)36(51)56-39(5,6)7/h17-18,21-22,25H,11-16,19-20H2,1-10H3,(H,46,50)(H,43,45,49). The largest absolute Gasteiger partial charge is 0.474 e. The molecule has 2 aromatic heterocycles. The van der Waals surface area contributed by atoms with E-state index < -0.39 is 40.9 Å². The second-order valence-corrected chi connectivity index (χ2v) is 18.0. The van der Waals surface area contributed by atoms with E-state index in [4.69, 9.17) is 23.7 Å². The van der Waals surface area contributed by atoms with Crippen LogP contribution in [0.4, 0.5) is 40.8 Å². The first-order valence-corrected chi connectivity index (χ1v) is 19.2. The van der Waals surface area contributed by atoms with Crippen LogP contribution in [-0.2, 0) is 18.9 Å². The third-order valence-corrected chi connectivity index (χ3v) is 9.89. The van der Waals surface area contributed by atoms with E-state index in [2.05, 4.69) is 20.6 Å². The van der Waals surface area contributed by atoms with Crippen LogP contribution in [0.15, 0.2) is 24.5 Å². The van der Waals surface area contributed by atoms with Gasteiger partial charge in [0, 0.05) is 42.0 Å². The number of nitrogens with zero attached hydrogens (tertiary/aromatic N) is 4. The van der Waals surface area contributed by atoms with Gasteiger partial charge in [0.25, 0.3) is 0 Å². The number of ether oxygens (including phenoxy) is 5. The summed E-state index contributed by atoms with van der Waals surface area (Å²) >= 11 is 0. The zero-order valence-corrected chi connectivity index (χ0v) is 34.4. The number of hydrogen-bond acceptors (Lipinski definition) is 11. The van der Waals surface area contributed by atoms with E-state index in [0.29, 0.717) is 48.1 Å². The van der Waals surface area contributed by atoms with Crippen molar-refractivity contribution in [2.75, 3.05) is 41.8 Å². The Kier molecular flexibility index (Phi) is 11.0. The van der Waals surface area contributed by atoms with Gasteiger partial charge in [-0.05, 0) is 123 Å². The molecule has 1 spiro atoms. The normalized spacial score (nSPS) is 16.9. The highest BCUT2D eigenvalue weighted by molar-refractivity contribution is 6.05. The minimum Gasteiger partial charge on any atom is -0.474 e. The highest BCUT2D eigenvalue weighted by Gasteiger charge is 2.48. The number of aromatic nitrogens is 2. The molecule has 16 heteroatoms. The molecular formula is C41H53FN6O9. The van der Waals surface area contributed by atoms with Crippen LogP contribution in [0.5, 0.6) is 5.88 Å². The molecule has 308 valence electrons. The maximum atomic E-state index is 16.8. The summed E-state index contributed by atoms with van der Waals surface area (Å²) in [5, 5.41) is 5.90. The van der Waals surface area contributed by atoms with Crippen LogP contribution in [0.25, 0.3) is 21.9 Å². The number of benzene rings is 1. The first-order valence-electron chi connectivity index (χ1n) is 19.2. The van der Waals surface area contributed by atoms with Crippen molar-refractivity contribution in [3.8, 4) is 17.0 Å². The Morgan fingerprint density at radius 1 is 0.807 bits per heavy atom. The Balaban J connectivity index is 1.24. The Morgan fingerprint density at radius 3 is 2.07 bits per heavy atom. The molecule has 2 aliphatic heterocycles. The molecule has 1 aliphatic carbocycles. The summed E-state index contributed by atoms with van der Waals surface area (Å²) in [6.45, 7) is 19.1. The third kappa shape index (κ3) is 9.59. The summed E-state index contributed by atoms with van der Waals surface area (Å²) in [5.41, 5.74) is -1.21. The van der Waals surface area contributed by atoms with E-state index in [-0.39, 0.29) is 59.1 Å². The Morgan fingerprint density at radius 2 is 1.44 bits per heavy atom. The average molecular weight is 793 g/mol. The van der Waals surface area contributed by atoms with Crippen molar-refractivity contribution in [2.24, 2.45) is 5.41 Å². The van der Waals surface area contributed by atoms with Crippen molar-refractivity contribution in [3.63, 3.8) is 0 Å². The molecule has 57 heavy (non-hydrogen) atoms. The number of pyridine rings is 2. The number of halogens is 1. The molecule has 2 fully saturated rings. The average Bonchev–Trinajstić information content (AvgIpc) is 3.07. The lowest BCUT2D eigenvalue weighted by Gasteiger charge is -2.51. The van der Waals surface area contributed by atoms with Crippen molar-refractivity contribution in [1.82, 2.24) is 14.9 Å². The van der Waals surface area contributed by atoms with Crippen LogP contribution in [-0.4, -0.2) is 88.4 Å². The molecule has 6 rings (SSSR count). The molecule has 1 saturated heterocycles. The van der Waals surface area contributed by atoms with Crippen LogP contribution < -0.4 is 20.3 Å². The van der Waals surface area contributed by atoms with Gasteiger partial charge in [0.05, 0.1) is 12.2 Å². The van der Waals surface area contributed by atoms with Gasteiger partial charge in [-0.1, -0.05) is 0 Å². The van der Waals surface area contributed by atoms with Crippen molar-refractivity contribution >= 4 is 52.3 Å². The van der Waals surface area contributed by atoms with Gasteiger partial charge < -0.3 is 28.6 Å². The molecule has 0 unspecified atom stereocenters. The number of carbonyl (C=O) groups excluding carboxylic acids is 4. The van der Waals surface area contributed by atoms with E-state index in [0.717, 1.165) is 12.8 Å². The smallest absolute Gasteiger partial charge is 0.415 e. The Bertz CT molecular complexity index is 2070. The lowest BCUT2D eigenvalue weighted by atomic mass is 9.61. The fourth-order valence-corrected chi connectivity index (χ4v) is 7.35. The fraction of sp³-hybridized carbons (Fsp3) is 0.561. The van der Waals surface area contributed by atoms with Gasteiger partial charge in [-0.15, -0.1) is 0 Å². The molecule has 4 amide bonds. The lowest BCUT2D eigenvalue weighted by molar-refractivity contribution is -0.0717. The molecule has 0 bridgehead atoms. The Labute approximate surface area is 331 Å². The van der Waals surface area contributed by atoms with E-state index >= 15 is 4.39 Å². The first-order chi connectivity index (χ1) is 26.5. The second kappa shape index (κ2) is 15.2. The molecule has 1 saturated carbocycles. The van der Waals surface area contributed by atoms with Gasteiger partial charge in [-0.3, -0.25) is 15.5 Å². The summed E-state index contributed by atoms with van der Waals surface area (Å²) < 4.78 is 44.9. The monoisotopic (exact) mass is 792 g/mol. The SMILES string of the molecule is Cc1c(-c2cc3cc(NC(=O)OC4CC5(CCN(C(=O)OC(C)(C)C)CC5)C4)ncc3c(NC(=O)OC(C)(C)C)c2F)cnc2c1N(C(=O)OC(C)(C)C)CCO2. The number of fused-ring (bicyclic) bond motifs is 2. The number of likely N-dealkylation sites (tertiary alicyclic amines) is 1. The van der Waals surface area contributed by atoms with Gasteiger partial charge in [0.1, 0.15) is 41.0 Å². The van der Waals surface area contributed by atoms with Gasteiger partial charge in [0.15, 0.2) is 5.82 Å². The van der Waals surface area contributed by atoms with E-state index in [1.165, 1.54) is 17.3 Å². The number of nitrogens with one attached hydrogen (secondary N) is 2. The molecule has 0 radical (unpaired) electrons. The molecule has 2 N–H and O–H groups in total. The number of hydrogen-bond donors (Lipinski definition) is 2. The summed E-state index contributed by atoms with van der Waals surface area (Å²) in [6.07, 6.45) is 2.94. The van der Waals surface area contributed by atoms with E-state index in [9.17, 15) is 19.2 Å². The van der Waals surface area contributed by atoms with Crippen LogP contribution >= 0.6 is 0 Å². The van der Waals surface area contributed by atoms with E-state index in [1.54, 1.807) is 65.5 Å². The van der Waals surface area contributed by atoms with Gasteiger partial charge >= 0.3 is 24.4 Å². The summed E-state index contributed by atoms with van der Waals surface area (Å²) in [7, 11) is 0. The minimum atomic E-state index is -0.885. The third-order valence-electron chi connectivity index (χ3n) is 9.89. The molecule has 0 atom stereocenters. The van der Waals surface area contributed by atoms with Gasteiger partial charge in [-0.2, -0.15) is 0 Å². The maximum Gasteiger partial charge on any atom is 0.415 e. The van der Waals surface area contributed by atoms with Crippen LogP contribution in [0.3, 0.4) is 0 Å². The number of rotatable bonds is 4. The maximum absolute atomic E-state index is 16.8. The van der Waals surface area contributed by atoms with Crippen molar-refractivity contribution in [1.29, 1.82) is 0 Å². The van der Waals surface area contributed by atoms with Crippen molar-refractivity contribution in [3.05, 3.63) is 35.9 Å². The highest BCUT2D eigenvalue weighted by Crippen LogP contribution is 2.50. The highest BCUT2D eigenvalue weighted by atomic mass is 19.1. The van der Waals surface area contributed by atoms with Crippen molar-refractivity contribution < 1.29 is 47.3 Å². The number of piperidine rings is 1. The van der Waals surface area contributed by atoms with Crippen LogP contribution in [0, 0.1) is 18.2 Å². The van der Waals surface area contributed by atoms with Crippen molar-refractivity contribution in [2.45, 2.75) is 118 Å². The lowest BCUT2D eigenvalue weighted by Crippen LogP contribution is -2.52. The first kappa shape index (κ1) is 41.2. The molecule has 1 aromatic carbocycles.